The van der Waals surface area contributed by atoms with Crippen molar-refractivity contribution in [1.29, 1.82) is 0 Å². The molecule has 1 aliphatic heterocycles. The molecule has 1 saturated carbocycles. The number of carbonyl (C=O) groups is 2. The summed E-state index contributed by atoms with van der Waals surface area (Å²) >= 11 is 0. The van der Waals surface area contributed by atoms with Crippen LogP contribution in [-0.4, -0.2) is 77.9 Å². The number of aliphatic hydroxyl groups is 1. The molecule has 1 aromatic heterocycles. The fraction of sp³-hybridized carbons (Fsp3) is 0.708. The molecule has 1 spiro atoms. The maximum atomic E-state index is 12.1. The number of amides is 2. The van der Waals surface area contributed by atoms with E-state index in [-0.39, 0.29) is 31.3 Å². The number of hydrogen-bond donors (Lipinski definition) is 1. The van der Waals surface area contributed by atoms with Crippen molar-refractivity contribution in [2.45, 2.75) is 58.5 Å². The van der Waals surface area contributed by atoms with Crippen LogP contribution in [0.25, 0.3) is 0 Å². The van der Waals surface area contributed by atoms with Crippen LogP contribution in [0.1, 0.15) is 62.9 Å². The van der Waals surface area contributed by atoms with Gasteiger partial charge in [-0.25, -0.2) is 9.78 Å². The first kappa shape index (κ1) is 24.3. The molecule has 3 rings (SSSR count). The zero-order valence-corrected chi connectivity index (χ0v) is 19.6. The third-order valence-electron chi connectivity index (χ3n) is 6.63. The van der Waals surface area contributed by atoms with Crippen LogP contribution < -0.4 is 4.74 Å². The number of piperidine rings is 1. The SMILES string of the molecule is CC(C)OC(=O)N1CCC2(CC1)CC(CCCOc1ccc(C(=O)N(C)CCO)nc1)C2. The number of hydrogen-bond acceptors (Lipinski definition) is 6. The van der Waals surface area contributed by atoms with Crippen molar-refractivity contribution in [3.63, 3.8) is 0 Å². The standard InChI is InChI=1S/C24H37N3O5/c1-18(2)32-23(30)27-10-8-24(9-11-27)15-19(16-24)5-4-14-31-20-6-7-21(25-17-20)22(29)26(3)12-13-28/h6-7,17-19,28H,4-5,8-16H2,1-3H3. The number of nitrogens with zero attached hydrogens (tertiary/aromatic N) is 3. The molecule has 2 aliphatic rings. The van der Waals surface area contributed by atoms with Crippen molar-refractivity contribution in [3.8, 4) is 5.75 Å². The van der Waals surface area contributed by atoms with Crippen LogP contribution >= 0.6 is 0 Å². The van der Waals surface area contributed by atoms with Crippen molar-refractivity contribution in [1.82, 2.24) is 14.8 Å². The molecule has 1 aliphatic carbocycles. The third-order valence-corrected chi connectivity index (χ3v) is 6.63. The Morgan fingerprint density at radius 3 is 2.59 bits per heavy atom. The fourth-order valence-electron chi connectivity index (χ4n) is 4.82. The number of ether oxygens (including phenoxy) is 2. The minimum Gasteiger partial charge on any atom is -0.492 e. The molecule has 8 nitrogen and oxygen atoms in total. The molecule has 1 saturated heterocycles. The zero-order valence-electron chi connectivity index (χ0n) is 19.6. The second kappa shape index (κ2) is 11.0. The van der Waals surface area contributed by atoms with Crippen molar-refractivity contribution >= 4 is 12.0 Å². The van der Waals surface area contributed by atoms with E-state index in [0.29, 0.717) is 23.5 Å². The maximum Gasteiger partial charge on any atom is 0.410 e. The topological polar surface area (TPSA) is 92.2 Å². The molecular formula is C24H37N3O5. The van der Waals surface area contributed by atoms with Crippen LogP contribution in [0.4, 0.5) is 4.79 Å². The lowest BCUT2D eigenvalue weighted by molar-refractivity contribution is -0.0203. The molecule has 1 N–H and O–H groups in total. The van der Waals surface area contributed by atoms with Crippen LogP contribution in [0, 0.1) is 11.3 Å². The van der Waals surface area contributed by atoms with E-state index < -0.39 is 0 Å². The Kier molecular flexibility index (Phi) is 8.34. The molecule has 0 aromatic carbocycles. The normalized spacial score (nSPS) is 17.8. The molecule has 8 heteroatoms. The summed E-state index contributed by atoms with van der Waals surface area (Å²) in [7, 11) is 1.64. The molecule has 2 fully saturated rings. The number of likely N-dealkylation sites (N-methyl/N-ethyl adjacent to an activating group) is 1. The molecule has 2 amide bonds. The van der Waals surface area contributed by atoms with Gasteiger partial charge in [0.05, 0.1) is 25.5 Å². The zero-order chi connectivity index (χ0) is 23.1. The Morgan fingerprint density at radius 2 is 2.00 bits per heavy atom. The Labute approximate surface area is 190 Å². The van der Waals surface area contributed by atoms with Crippen LogP contribution in [0.5, 0.6) is 5.75 Å². The summed E-state index contributed by atoms with van der Waals surface area (Å²) in [4.78, 5) is 31.6. The van der Waals surface area contributed by atoms with Crippen molar-refractivity contribution in [2.75, 3.05) is 39.9 Å². The van der Waals surface area contributed by atoms with E-state index in [1.165, 1.54) is 17.7 Å². The Bertz CT molecular complexity index is 751. The molecule has 0 atom stereocenters. The van der Waals surface area contributed by atoms with E-state index >= 15 is 0 Å². The lowest BCUT2D eigenvalue weighted by Crippen LogP contribution is -2.49. The molecule has 1 aromatic rings. The summed E-state index contributed by atoms with van der Waals surface area (Å²) in [6.07, 6.45) is 8.14. The van der Waals surface area contributed by atoms with Crippen molar-refractivity contribution in [3.05, 3.63) is 24.0 Å². The largest absolute Gasteiger partial charge is 0.492 e. The highest BCUT2D eigenvalue weighted by Crippen LogP contribution is 2.54. The molecule has 0 bridgehead atoms. The van der Waals surface area contributed by atoms with Gasteiger partial charge in [0.2, 0.25) is 0 Å². The van der Waals surface area contributed by atoms with Gasteiger partial charge in [0.1, 0.15) is 11.4 Å². The predicted octanol–water partition coefficient (Wildman–Crippen LogP) is 3.34. The van der Waals surface area contributed by atoms with E-state index in [1.54, 1.807) is 25.4 Å². The molecule has 0 unspecified atom stereocenters. The maximum absolute atomic E-state index is 12.1. The Hall–Kier alpha value is -2.35. The van der Waals surface area contributed by atoms with E-state index in [9.17, 15) is 9.59 Å². The summed E-state index contributed by atoms with van der Waals surface area (Å²) in [6, 6.07) is 3.42. The lowest BCUT2D eigenvalue weighted by atomic mass is 9.56. The highest BCUT2D eigenvalue weighted by molar-refractivity contribution is 5.92. The molecule has 32 heavy (non-hydrogen) atoms. The fourth-order valence-corrected chi connectivity index (χ4v) is 4.82. The number of carbonyl (C=O) groups excluding carboxylic acids is 2. The smallest absolute Gasteiger partial charge is 0.410 e. The van der Waals surface area contributed by atoms with Crippen molar-refractivity contribution in [2.24, 2.45) is 11.3 Å². The quantitative estimate of drug-likeness (QED) is 0.584. The van der Waals surface area contributed by atoms with E-state index in [2.05, 4.69) is 4.98 Å². The second-order valence-electron chi connectivity index (χ2n) is 9.51. The summed E-state index contributed by atoms with van der Waals surface area (Å²) in [5.41, 5.74) is 0.770. The van der Waals surface area contributed by atoms with Gasteiger partial charge in [-0.2, -0.15) is 0 Å². The Morgan fingerprint density at radius 1 is 1.28 bits per heavy atom. The van der Waals surface area contributed by atoms with E-state index in [0.717, 1.165) is 44.7 Å². The average molecular weight is 448 g/mol. The highest BCUT2D eigenvalue weighted by atomic mass is 16.6. The molecule has 0 radical (unpaired) electrons. The number of rotatable bonds is 9. The van der Waals surface area contributed by atoms with Crippen LogP contribution in [-0.2, 0) is 4.74 Å². The van der Waals surface area contributed by atoms with Gasteiger partial charge in [-0.3, -0.25) is 4.79 Å². The molecular weight excluding hydrogens is 410 g/mol. The highest BCUT2D eigenvalue weighted by Gasteiger charge is 2.46. The first-order valence-corrected chi connectivity index (χ1v) is 11.7. The summed E-state index contributed by atoms with van der Waals surface area (Å²) in [6.45, 7) is 6.23. The average Bonchev–Trinajstić information content (AvgIpc) is 2.75. The van der Waals surface area contributed by atoms with Gasteiger partial charge in [-0.05, 0) is 75.8 Å². The lowest BCUT2D eigenvalue weighted by Gasteiger charge is -2.52. The number of likely N-dealkylation sites (tertiary alicyclic amines) is 1. The third kappa shape index (κ3) is 6.34. The van der Waals surface area contributed by atoms with Crippen LogP contribution in [0.15, 0.2) is 18.3 Å². The van der Waals surface area contributed by atoms with Gasteiger partial charge in [0.15, 0.2) is 0 Å². The number of aromatic nitrogens is 1. The van der Waals surface area contributed by atoms with Crippen LogP contribution in [0.2, 0.25) is 0 Å². The predicted molar refractivity (Wildman–Crippen MR) is 121 cm³/mol. The van der Waals surface area contributed by atoms with Gasteiger partial charge in [-0.1, -0.05) is 0 Å². The second-order valence-corrected chi connectivity index (χ2v) is 9.51. The van der Waals surface area contributed by atoms with Crippen LogP contribution in [0.3, 0.4) is 0 Å². The van der Waals surface area contributed by atoms with E-state index in [4.69, 9.17) is 14.6 Å². The van der Waals surface area contributed by atoms with Gasteiger partial charge in [0, 0.05) is 26.7 Å². The monoisotopic (exact) mass is 447 g/mol. The minimum absolute atomic E-state index is 0.0662. The van der Waals surface area contributed by atoms with Gasteiger partial charge < -0.3 is 24.4 Å². The molecule has 178 valence electrons. The van der Waals surface area contributed by atoms with Gasteiger partial charge in [-0.15, -0.1) is 0 Å². The van der Waals surface area contributed by atoms with Gasteiger partial charge >= 0.3 is 6.09 Å². The minimum atomic E-state index is -0.216. The van der Waals surface area contributed by atoms with Crippen molar-refractivity contribution < 1.29 is 24.2 Å². The summed E-state index contributed by atoms with van der Waals surface area (Å²) in [5.74, 6) is 1.19. The first-order chi connectivity index (χ1) is 15.3. The summed E-state index contributed by atoms with van der Waals surface area (Å²) in [5, 5.41) is 8.93. The Balaban J connectivity index is 1.30. The summed E-state index contributed by atoms with van der Waals surface area (Å²) < 4.78 is 11.1. The number of pyridine rings is 1. The van der Waals surface area contributed by atoms with E-state index in [1.807, 2.05) is 18.7 Å². The first-order valence-electron chi connectivity index (χ1n) is 11.7. The molecule has 2 heterocycles. The van der Waals surface area contributed by atoms with Gasteiger partial charge in [0.25, 0.3) is 5.91 Å². The number of aliphatic hydroxyl groups excluding tert-OH is 1.